The van der Waals surface area contributed by atoms with Gasteiger partial charge < -0.3 is 9.80 Å². The highest BCUT2D eigenvalue weighted by Crippen LogP contribution is 2.33. The van der Waals surface area contributed by atoms with Crippen LogP contribution in [0.15, 0.2) is 24.3 Å². The van der Waals surface area contributed by atoms with Gasteiger partial charge in [0, 0.05) is 37.3 Å². The van der Waals surface area contributed by atoms with Crippen LogP contribution in [-0.4, -0.2) is 58.0 Å². The van der Waals surface area contributed by atoms with Crippen molar-refractivity contribution in [1.29, 1.82) is 0 Å². The van der Waals surface area contributed by atoms with E-state index in [4.69, 9.17) is 0 Å². The van der Waals surface area contributed by atoms with Gasteiger partial charge in [-0.05, 0) is 37.7 Å². The lowest BCUT2D eigenvalue weighted by Gasteiger charge is -2.22. The first kappa shape index (κ1) is 17.3. The average molecular weight is 362 g/mol. The lowest BCUT2D eigenvalue weighted by Crippen LogP contribution is -2.37. The van der Waals surface area contributed by atoms with Crippen LogP contribution in [0.3, 0.4) is 0 Å². The number of rotatable bonds is 1. The smallest absolute Gasteiger partial charge is 0.298 e. The maximum atomic E-state index is 13.1. The van der Waals surface area contributed by atoms with Crippen molar-refractivity contribution < 1.29 is 9.59 Å². The molecule has 1 aliphatic carbocycles. The first-order valence-electron chi connectivity index (χ1n) is 9.35. The molecular formula is C21H22N4O2. The Balaban J connectivity index is 1.54. The minimum absolute atomic E-state index is 0.0287. The third-order valence-corrected chi connectivity index (χ3v) is 5.30. The number of nitrogens with zero attached hydrogens (tertiary/aromatic N) is 3. The minimum Gasteiger partial charge on any atom is -0.335 e. The quantitative estimate of drug-likeness (QED) is 0.788. The molecule has 1 aromatic carbocycles. The first-order valence-corrected chi connectivity index (χ1v) is 9.35. The van der Waals surface area contributed by atoms with Gasteiger partial charge in [0.1, 0.15) is 5.69 Å². The highest BCUT2D eigenvalue weighted by molar-refractivity contribution is 5.96. The van der Waals surface area contributed by atoms with Gasteiger partial charge in [0.25, 0.3) is 11.8 Å². The number of carbonyl (C=O) groups is 2. The van der Waals surface area contributed by atoms with Crippen molar-refractivity contribution in [2.24, 2.45) is 0 Å². The summed E-state index contributed by atoms with van der Waals surface area (Å²) in [6.45, 7) is 3.95. The zero-order valence-corrected chi connectivity index (χ0v) is 15.4. The molecule has 6 heteroatoms. The van der Waals surface area contributed by atoms with Crippen LogP contribution in [0.5, 0.6) is 0 Å². The number of H-pyrrole nitrogens is 1. The van der Waals surface area contributed by atoms with Gasteiger partial charge in [-0.1, -0.05) is 30.2 Å². The molecule has 0 unspecified atom stereocenters. The maximum absolute atomic E-state index is 13.1. The van der Waals surface area contributed by atoms with E-state index in [0.717, 1.165) is 36.1 Å². The van der Waals surface area contributed by atoms with Crippen LogP contribution < -0.4 is 0 Å². The fraction of sp³-hybridized carbons (Fsp3) is 0.381. The molecule has 2 amide bonds. The van der Waals surface area contributed by atoms with Gasteiger partial charge >= 0.3 is 0 Å². The zero-order chi connectivity index (χ0) is 18.8. The van der Waals surface area contributed by atoms with E-state index >= 15 is 0 Å². The van der Waals surface area contributed by atoms with E-state index in [9.17, 15) is 9.59 Å². The van der Waals surface area contributed by atoms with Crippen molar-refractivity contribution in [1.82, 2.24) is 20.0 Å². The lowest BCUT2D eigenvalue weighted by molar-refractivity contribution is -0.124. The molecule has 6 nitrogen and oxygen atoms in total. The summed E-state index contributed by atoms with van der Waals surface area (Å²) in [4.78, 5) is 28.7. The van der Waals surface area contributed by atoms with Gasteiger partial charge in [0.2, 0.25) is 0 Å². The normalized spacial score (nSPS) is 15.9. The largest absolute Gasteiger partial charge is 0.335 e. The van der Waals surface area contributed by atoms with Gasteiger partial charge in [-0.15, -0.1) is 0 Å². The summed E-state index contributed by atoms with van der Waals surface area (Å²) >= 11 is 0. The third-order valence-electron chi connectivity index (χ3n) is 5.30. The van der Waals surface area contributed by atoms with Gasteiger partial charge in [-0.25, -0.2) is 0 Å². The highest BCUT2D eigenvalue weighted by atomic mass is 16.2. The van der Waals surface area contributed by atoms with Crippen molar-refractivity contribution in [3.8, 4) is 23.1 Å². The van der Waals surface area contributed by atoms with Crippen LogP contribution in [0.25, 0.3) is 11.3 Å². The number of aryl methyl sites for hydroxylation is 1. The van der Waals surface area contributed by atoms with Gasteiger partial charge in [-0.3, -0.25) is 14.7 Å². The zero-order valence-electron chi connectivity index (χ0n) is 15.4. The second-order valence-corrected chi connectivity index (χ2v) is 6.90. The molecule has 1 aromatic heterocycles. The lowest BCUT2D eigenvalue weighted by atomic mass is 9.89. The third kappa shape index (κ3) is 3.21. The molecular weight excluding hydrogens is 340 g/mol. The molecule has 0 radical (unpaired) electrons. The number of fused-ring (bicyclic) bond motifs is 3. The van der Waals surface area contributed by atoms with E-state index in [1.54, 1.807) is 11.8 Å². The molecule has 1 saturated heterocycles. The Hall–Kier alpha value is -3.07. The number of nitrogens with one attached hydrogen (secondary N) is 1. The molecule has 2 heterocycles. The van der Waals surface area contributed by atoms with Gasteiger partial charge in [0.15, 0.2) is 0 Å². The summed E-state index contributed by atoms with van der Waals surface area (Å²) in [7, 11) is 0. The van der Waals surface area contributed by atoms with E-state index in [0.29, 0.717) is 31.9 Å². The molecule has 1 aliphatic heterocycles. The average Bonchev–Trinajstić information content (AvgIpc) is 2.97. The second kappa shape index (κ2) is 7.28. The van der Waals surface area contributed by atoms with Crippen LogP contribution >= 0.6 is 0 Å². The van der Waals surface area contributed by atoms with Crippen molar-refractivity contribution in [2.45, 2.75) is 26.2 Å². The molecule has 1 N–H and O–H groups in total. The van der Waals surface area contributed by atoms with Crippen LogP contribution in [0, 0.1) is 11.8 Å². The van der Waals surface area contributed by atoms with Gasteiger partial charge in [-0.2, -0.15) is 5.10 Å². The molecule has 138 valence electrons. The molecule has 0 saturated carbocycles. The molecule has 0 spiro atoms. The molecule has 0 atom stereocenters. The van der Waals surface area contributed by atoms with E-state index < -0.39 is 0 Å². The highest BCUT2D eigenvalue weighted by Gasteiger charge is 2.29. The van der Waals surface area contributed by atoms with E-state index in [2.05, 4.69) is 34.2 Å². The molecule has 0 bridgehead atoms. The minimum atomic E-state index is -0.165. The standard InChI is InChI=1S/C21H22N4O2/c1-2-6-18(26)24-11-5-12-25(14-13-24)21(27)20-17-10-9-15-7-3-4-8-16(15)19(17)22-23-20/h3-4,7-8H,5,9-14H2,1H3,(H,22,23). The number of hydrogen-bond acceptors (Lipinski definition) is 3. The summed E-state index contributed by atoms with van der Waals surface area (Å²) in [6, 6.07) is 8.22. The Bertz CT molecular complexity index is 951. The topological polar surface area (TPSA) is 69.3 Å². The van der Waals surface area contributed by atoms with Crippen LogP contribution in [0.1, 0.15) is 35.0 Å². The first-order chi connectivity index (χ1) is 13.2. The predicted octanol–water partition coefficient (Wildman–Crippen LogP) is 1.87. The Labute approximate surface area is 158 Å². The van der Waals surface area contributed by atoms with Crippen molar-refractivity contribution in [2.75, 3.05) is 26.2 Å². The van der Waals surface area contributed by atoms with Crippen molar-refractivity contribution in [3.05, 3.63) is 41.1 Å². The maximum Gasteiger partial charge on any atom is 0.298 e. The Morgan fingerprint density at radius 3 is 2.70 bits per heavy atom. The summed E-state index contributed by atoms with van der Waals surface area (Å²) in [5, 5.41) is 7.43. The molecule has 2 aliphatic rings. The fourth-order valence-electron chi connectivity index (χ4n) is 3.90. The Morgan fingerprint density at radius 1 is 1.07 bits per heavy atom. The number of aromatic amines is 1. The summed E-state index contributed by atoms with van der Waals surface area (Å²) in [6.07, 6.45) is 2.48. The molecule has 1 fully saturated rings. The monoisotopic (exact) mass is 362 g/mol. The second-order valence-electron chi connectivity index (χ2n) is 6.90. The number of benzene rings is 1. The van der Waals surface area contributed by atoms with Crippen LogP contribution in [-0.2, 0) is 17.6 Å². The number of hydrogen-bond donors (Lipinski definition) is 1. The number of carbonyl (C=O) groups excluding carboxylic acids is 2. The molecule has 2 aromatic rings. The Morgan fingerprint density at radius 2 is 1.85 bits per heavy atom. The van der Waals surface area contributed by atoms with Crippen LogP contribution in [0.4, 0.5) is 0 Å². The van der Waals surface area contributed by atoms with Crippen LogP contribution in [0.2, 0.25) is 0 Å². The summed E-state index contributed by atoms with van der Waals surface area (Å²) < 4.78 is 0. The SMILES string of the molecule is CC#CC(=O)N1CCCN(C(=O)c2[nH]nc3c2CCc2ccccc2-3)CC1. The Kier molecular flexibility index (Phi) is 4.68. The number of amides is 2. The van der Waals surface area contributed by atoms with Gasteiger partial charge in [0.05, 0.1) is 5.69 Å². The van der Waals surface area contributed by atoms with E-state index in [1.165, 1.54) is 5.56 Å². The van der Waals surface area contributed by atoms with E-state index in [1.807, 2.05) is 17.0 Å². The summed E-state index contributed by atoms with van der Waals surface area (Å²) in [5.74, 6) is 5.04. The molecule has 27 heavy (non-hydrogen) atoms. The fourth-order valence-corrected chi connectivity index (χ4v) is 3.90. The van der Waals surface area contributed by atoms with Crippen molar-refractivity contribution in [3.63, 3.8) is 0 Å². The molecule has 4 rings (SSSR count). The van der Waals surface area contributed by atoms with Crippen molar-refractivity contribution >= 4 is 11.8 Å². The number of aromatic nitrogens is 2. The summed E-state index contributed by atoms with van der Waals surface area (Å²) in [5.41, 5.74) is 4.88. The predicted molar refractivity (Wildman–Crippen MR) is 102 cm³/mol. The van der Waals surface area contributed by atoms with E-state index in [-0.39, 0.29) is 11.8 Å².